The number of carbonyl (C=O) groups is 1. The molecule has 3 heteroatoms. The third-order valence-electron chi connectivity index (χ3n) is 3.15. The van der Waals surface area contributed by atoms with Crippen molar-refractivity contribution in [3.63, 3.8) is 0 Å². The molecule has 0 fully saturated rings. The normalized spacial score (nSPS) is 10.6. The van der Waals surface area contributed by atoms with E-state index in [0.29, 0.717) is 11.8 Å². The second kappa shape index (κ2) is 4.92. The van der Waals surface area contributed by atoms with Crippen LogP contribution < -0.4 is 0 Å². The zero-order valence-electron chi connectivity index (χ0n) is 11.1. The first-order chi connectivity index (χ1) is 8.93. The number of halogens is 2. The fourth-order valence-corrected chi connectivity index (χ4v) is 2.48. The lowest BCUT2D eigenvalue weighted by atomic mass is 9.93. The largest absolute Gasteiger partial charge is 0.298 e. The molecule has 0 bridgehead atoms. The van der Waals surface area contributed by atoms with Gasteiger partial charge in [0.05, 0.1) is 5.56 Å². The predicted molar refractivity (Wildman–Crippen MR) is 71.4 cm³/mol. The van der Waals surface area contributed by atoms with Gasteiger partial charge in [0.15, 0.2) is 17.9 Å². The highest BCUT2D eigenvalue weighted by molar-refractivity contribution is 5.81. The highest BCUT2D eigenvalue weighted by Gasteiger charge is 2.14. The summed E-state index contributed by atoms with van der Waals surface area (Å²) in [5.74, 6) is -2.10. The highest BCUT2D eigenvalue weighted by Crippen LogP contribution is 2.30. The maximum atomic E-state index is 13.5. The summed E-state index contributed by atoms with van der Waals surface area (Å²) in [6, 6.07) is 6.47. The molecule has 0 saturated heterocycles. The van der Waals surface area contributed by atoms with Gasteiger partial charge in [0.2, 0.25) is 0 Å². The number of hydrogen-bond donors (Lipinski definition) is 0. The molecule has 2 aromatic carbocycles. The molecule has 0 heterocycles. The predicted octanol–water partition coefficient (Wildman–Crippen LogP) is 4.37. The van der Waals surface area contributed by atoms with E-state index in [1.54, 1.807) is 0 Å². The Hall–Kier alpha value is -2.03. The molecule has 0 N–H and O–H groups in total. The van der Waals surface area contributed by atoms with Crippen LogP contribution in [-0.2, 0) is 0 Å². The number of aryl methyl sites for hydroxylation is 3. The molecule has 0 atom stereocenters. The molecule has 0 aliphatic carbocycles. The highest BCUT2D eigenvalue weighted by atomic mass is 19.2. The zero-order valence-corrected chi connectivity index (χ0v) is 11.1. The van der Waals surface area contributed by atoms with Gasteiger partial charge in [-0.1, -0.05) is 17.7 Å². The molecule has 19 heavy (non-hydrogen) atoms. The Labute approximate surface area is 110 Å². The summed E-state index contributed by atoms with van der Waals surface area (Å²) in [5, 5.41) is 0. The van der Waals surface area contributed by atoms with Crippen molar-refractivity contribution < 1.29 is 13.6 Å². The van der Waals surface area contributed by atoms with Gasteiger partial charge in [0.25, 0.3) is 0 Å². The molecule has 0 aromatic heterocycles. The molecule has 2 rings (SSSR count). The number of aldehydes is 1. The summed E-state index contributed by atoms with van der Waals surface area (Å²) in [6.45, 7) is 5.81. The lowest BCUT2D eigenvalue weighted by Crippen LogP contribution is -1.97. The Kier molecular flexibility index (Phi) is 3.47. The monoisotopic (exact) mass is 260 g/mol. The molecule has 0 aliphatic rings. The van der Waals surface area contributed by atoms with Crippen LogP contribution in [0.3, 0.4) is 0 Å². The van der Waals surface area contributed by atoms with Crippen molar-refractivity contribution in [2.24, 2.45) is 0 Å². The van der Waals surface area contributed by atoms with E-state index in [2.05, 4.69) is 0 Å². The Bertz CT molecular complexity index is 637. The van der Waals surface area contributed by atoms with Crippen molar-refractivity contribution >= 4 is 6.29 Å². The minimum atomic E-state index is -1.10. The van der Waals surface area contributed by atoms with E-state index < -0.39 is 11.6 Å². The van der Waals surface area contributed by atoms with Gasteiger partial charge in [-0.15, -0.1) is 0 Å². The number of carbonyl (C=O) groups excluding carboxylic acids is 1. The summed E-state index contributed by atoms with van der Waals surface area (Å²) in [7, 11) is 0. The minimum absolute atomic E-state index is 0.255. The fourth-order valence-electron chi connectivity index (χ4n) is 2.48. The Balaban J connectivity index is 2.73. The summed E-state index contributed by atoms with van der Waals surface area (Å²) in [4.78, 5) is 10.8. The van der Waals surface area contributed by atoms with Gasteiger partial charge in [0, 0.05) is 0 Å². The van der Waals surface area contributed by atoms with Crippen molar-refractivity contribution in [3.8, 4) is 11.1 Å². The summed E-state index contributed by atoms with van der Waals surface area (Å²) in [6.07, 6.45) is 0.334. The molecular formula is C16H14F2O. The molecule has 0 aliphatic heterocycles. The quantitative estimate of drug-likeness (QED) is 0.733. The molecule has 2 aromatic rings. The van der Waals surface area contributed by atoms with E-state index in [1.165, 1.54) is 6.07 Å². The fraction of sp³-hybridized carbons (Fsp3) is 0.188. The van der Waals surface area contributed by atoms with Crippen molar-refractivity contribution in [2.45, 2.75) is 20.8 Å². The van der Waals surface area contributed by atoms with Gasteiger partial charge in [0.1, 0.15) is 0 Å². The van der Waals surface area contributed by atoms with Crippen LogP contribution >= 0.6 is 0 Å². The Morgan fingerprint density at radius 2 is 1.53 bits per heavy atom. The summed E-state index contributed by atoms with van der Waals surface area (Å²) in [5.41, 5.74) is 4.16. The summed E-state index contributed by atoms with van der Waals surface area (Å²) < 4.78 is 26.9. The van der Waals surface area contributed by atoms with Gasteiger partial charge < -0.3 is 0 Å². The van der Waals surface area contributed by atoms with Crippen molar-refractivity contribution in [3.05, 3.63) is 58.2 Å². The average Bonchev–Trinajstić information content (AvgIpc) is 2.32. The topological polar surface area (TPSA) is 17.1 Å². The van der Waals surface area contributed by atoms with Crippen LogP contribution in [0.1, 0.15) is 27.0 Å². The van der Waals surface area contributed by atoms with E-state index >= 15 is 0 Å². The Morgan fingerprint density at radius 3 is 2.05 bits per heavy atom. The number of hydrogen-bond acceptors (Lipinski definition) is 1. The number of benzene rings is 2. The van der Waals surface area contributed by atoms with Crippen molar-refractivity contribution in [1.29, 1.82) is 0 Å². The van der Waals surface area contributed by atoms with Gasteiger partial charge in [-0.05, 0) is 55.2 Å². The second-order valence-electron chi connectivity index (χ2n) is 4.75. The third kappa shape index (κ3) is 2.41. The third-order valence-corrected chi connectivity index (χ3v) is 3.15. The molecule has 0 spiro atoms. The van der Waals surface area contributed by atoms with E-state index in [0.717, 1.165) is 28.3 Å². The lowest BCUT2D eigenvalue weighted by molar-refractivity contribution is 0.111. The SMILES string of the molecule is Cc1cc(C)c(-c2cc(F)c(F)c(C=O)c2)c(C)c1. The van der Waals surface area contributed by atoms with Crippen LogP contribution in [0, 0.1) is 32.4 Å². The molecule has 0 saturated carbocycles. The average molecular weight is 260 g/mol. The lowest BCUT2D eigenvalue weighted by Gasteiger charge is -2.12. The van der Waals surface area contributed by atoms with E-state index in [4.69, 9.17) is 0 Å². The van der Waals surface area contributed by atoms with E-state index in [-0.39, 0.29) is 5.56 Å². The van der Waals surface area contributed by atoms with Gasteiger partial charge in [-0.3, -0.25) is 4.79 Å². The molecular weight excluding hydrogens is 246 g/mol. The van der Waals surface area contributed by atoms with Crippen LogP contribution in [0.5, 0.6) is 0 Å². The molecule has 0 radical (unpaired) electrons. The smallest absolute Gasteiger partial charge is 0.169 e. The van der Waals surface area contributed by atoms with Crippen LogP contribution in [0.15, 0.2) is 24.3 Å². The van der Waals surface area contributed by atoms with Crippen LogP contribution in [0.4, 0.5) is 8.78 Å². The van der Waals surface area contributed by atoms with Crippen LogP contribution in [-0.4, -0.2) is 6.29 Å². The van der Waals surface area contributed by atoms with Gasteiger partial charge in [-0.2, -0.15) is 0 Å². The molecule has 1 nitrogen and oxygen atoms in total. The maximum absolute atomic E-state index is 13.5. The second-order valence-corrected chi connectivity index (χ2v) is 4.75. The standard InChI is InChI=1S/C16H14F2O/c1-9-4-10(2)15(11(3)5-9)12-6-13(8-19)16(18)14(17)7-12/h4-8H,1-3H3. The van der Waals surface area contributed by atoms with Gasteiger partial charge in [-0.25, -0.2) is 8.78 Å². The van der Waals surface area contributed by atoms with Crippen LogP contribution in [0.2, 0.25) is 0 Å². The first kappa shape index (κ1) is 13.4. The van der Waals surface area contributed by atoms with Crippen molar-refractivity contribution in [2.75, 3.05) is 0 Å². The first-order valence-corrected chi connectivity index (χ1v) is 5.96. The molecule has 0 amide bonds. The first-order valence-electron chi connectivity index (χ1n) is 5.96. The Morgan fingerprint density at radius 1 is 0.947 bits per heavy atom. The summed E-state index contributed by atoms with van der Waals surface area (Å²) >= 11 is 0. The minimum Gasteiger partial charge on any atom is -0.298 e. The van der Waals surface area contributed by atoms with E-state index in [9.17, 15) is 13.6 Å². The van der Waals surface area contributed by atoms with Gasteiger partial charge >= 0.3 is 0 Å². The maximum Gasteiger partial charge on any atom is 0.169 e. The zero-order chi connectivity index (χ0) is 14.2. The van der Waals surface area contributed by atoms with Crippen LogP contribution in [0.25, 0.3) is 11.1 Å². The molecule has 98 valence electrons. The molecule has 0 unspecified atom stereocenters. The van der Waals surface area contributed by atoms with E-state index in [1.807, 2.05) is 32.9 Å². The van der Waals surface area contributed by atoms with Crippen molar-refractivity contribution in [1.82, 2.24) is 0 Å². The number of rotatable bonds is 2.